The fourth-order valence-corrected chi connectivity index (χ4v) is 6.58. The Hall–Kier alpha value is -3.41. The first kappa shape index (κ1) is 34.9. The smallest absolute Gasteiger partial charge is 0.303 e. The van der Waals surface area contributed by atoms with Crippen LogP contribution in [-0.2, 0) is 19.7 Å². The zero-order chi connectivity index (χ0) is 34.0. The molecule has 47 heavy (non-hydrogen) atoms. The van der Waals surface area contributed by atoms with Gasteiger partial charge < -0.3 is 60.5 Å². The zero-order valence-corrected chi connectivity index (χ0v) is 25.2. The number of aliphatic carboxylic acids is 1. The number of carboxylic acid groups (broad SMARTS) is 1. The summed E-state index contributed by atoms with van der Waals surface area (Å²) < 4.78 is 11.0. The molecule has 2 saturated heterocycles. The zero-order valence-electron chi connectivity index (χ0n) is 25.2. The summed E-state index contributed by atoms with van der Waals surface area (Å²) in [5.41, 5.74) is 2.95. The lowest BCUT2D eigenvalue weighted by molar-refractivity contribution is -0.214. The Bertz CT molecular complexity index is 1480. The lowest BCUT2D eigenvalue weighted by Crippen LogP contribution is -2.58. The van der Waals surface area contributed by atoms with Crippen LogP contribution in [0.4, 0.5) is 0 Å². The topological polar surface area (TPSA) is 238 Å². The maximum atomic E-state index is 11.8. The fourth-order valence-electron chi connectivity index (χ4n) is 6.58. The molecule has 0 amide bonds. The van der Waals surface area contributed by atoms with E-state index >= 15 is 0 Å². The van der Waals surface area contributed by atoms with Gasteiger partial charge in [-0.1, -0.05) is 35.8 Å². The van der Waals surface area contributed by atoms with Crippen LogP contribution >= 0.6 is 0 Å². The van der Waals surface area contributed by atoms with Crippen LogP contribution in [0.2, 0.25) is 0 Å². The minimum absolute atomic E-state index is 0.121. The summed E-state index contributed by atoms with van der Waals surface area (Å²) in [6.07, 6.45) is -13.9. The second-order valence-corrected chi connectivity index (χ2v) is 12.0. The highest BCUT2D eigenvalue weighted by molar-refractivity contribution is 5.83. The van der Waals surface area contributed by atoms with Crippen LogP contribution in [0.1, 0.15) is 41.5 Å². The highest BCUT2D eigenvalue weighted by Crippen LogP contribution is 2.53. The van der Waals surface area contributed by atoms with Crippen LogP contribution in [0, 0.1) is 23.7 Å². The summed E-state index contributed by atoms with van der Waals surface area (Å²) in [5, 5.41) is 100. The lowest BCUT2D eigenvalue weighted by atomic mass is 9.71. The molecular weight excluding hydrogens is 616 g/mol. The third kappa shape index (κ3) is 6.67. The van der Waals surface area contributed by atoms with Gasteiger partial charge in [0.15, 0.2) is 0 Å². The Morgan fingerprint density at radius 3 is 1.49 bits per heavy atom. The van der Waals surface area contributed by atoms with Gasteiger partial charge in [-0.15, -0.1) is 0 Å². The minimum atomic E-state index is -1.58. The van der Waals surface area contributed by atoms with Crippen LogP contribution in [0.25, 0.3) is 11.1 Å². The number of benzene rings is 2. The van der Waals surface area contributed by atoms with Crippen molar-refractivity contribution >= 4 is 5.97 Å². The monoisotopic (exact) mass is 654 g/mol. The standard InChI is InChI=1S/C34H38O13/c35-12-11-34(10-9-27(38)39)21-13-17(3-7-23-28(40)32(44)30(42)25(15-36)46-23)1-5-19(21)20-6-2-18(14-22(20)34)4-8-24-29(41)33(45)31(43)26(16-37)47-24/h1-2,5-6,13-14,23-26,28-33,35-37,40-45H,9-12,15-16H2,(H,38,39). The van der Waals surface area contributed by atoms with Gasteiger partial charge >= 0.3 is 5.97 Å². The van der Waals surface area contributed by atoms with E-state index in [0.717, 1.165) is 11.1 Å². The molecule has 10 unspecified atom stereocenters. The van der Waals surface area contributed by atoms with E-state index in [-0.39, 0.29) is 25.9 Å². The molecule has 252 valence electrons. The first-order valence-electron chi connectivity index (χ1n) is 15.2. The maximum Gasteiger partial charge on any atom is 0.303 e. The predicted molar refractivity (Wildman–Crippen MR) is 163 cm³/mol. The van der Waals surface area contributed by atoms with Gasteiger partial charge in [0.2, 0.25) is 0 Å². The SMILES string of the molecule is O=C(O)CCC1(CCO)c2cc(C#CC3OC(CO)C(O)C(O)C3O)ccc2-c2ccc(C#CC3OC(CO)C(O)C(O)C3O)cc21. The van der Waals surface area contributed by atoms with Crippen molar-refractivity contribution in [2.45, 2.75) is 85.7 Å². The van der Waals surface area contributed by atoms with Gasteiger partial charge in [-0.25, -0.2) is 0 Å². The van der Waals surface area contributed by atoms with Crippen LogP contribution in [0.3, 0.4) is 0 Å². The number of rotatable bonds is 7. The summed E-state index contributed by atoms with van der Waals surface area (Å²) in [6.45, 7) is -1.47. The average Bonchev–Trinajstić information content (AvgIpc) is 3.33. The van der Waals surface area contributed by atoms with E-state index < -0.39 is 85.6 Å². The van der Waals surface area contributed by atoms with Gasteiger partial charge in [0, 0.05) is 29.6 Å². The summed E-state index contributed by atoms with van der Waals surface area (Å²) in [4.78, 5) is 11.8. The Morgan fingerprint density at radius 2 is 1.11 bits per heavy atom. The maximum absolute atomic E-state index is 11.8. The normalized spacial score (nSPS) is 34.3. The highest BCUT2D eigenvalue weighted by atomic mass is 16.5. The van der Waals surface area contributed by atoms with Crippen molar-refractivity contribution in [3.63, 3.8) is 0 Å². The molecule has 10 atom stereocenters. The lowest BCUT2D eigenvalue weighted by Gasteiger charge is -2.37. The van der Waals surface area contributed by atoms with E-state index in [0.29, 0.717) is 22.3 Å². The number of hydrogen-bond donors (Lipinski definition) is 10. The van der Waals surface area contributed by atoms with Crippen LogP contribution in [0.15, 0.2) is 36.4 Å². The molecular formula is C34H38O13. The van der Waals surface area contributed by atoms with Crippen molar-refractivity contribution in [2.24, 2.45) is 0 Å². The molecule has 13 nitrogen and oxygen atoms in total. The molecule has 2 aromatic carbocycles. The summed E-state index contributed by atoms with van der Waals surface area (Å²) in [7, 11) is 0. The Morgan fingerprint density at radius 1 is 0.660 bits per heavy atom. The summed E-state index contributed by atoms with van der Waals surface area (Å²) in [6, 6.07) is 10.6. The quantitative estimate of drug-likeness (QED) is 0.140. The second kappa shape index (κ2) is 14.4. The van der Waals surface area contributed by atoms with Crippen molar-refractivity contribution in [2.75, 3.05) is 19.8 Å². The van der Waals surface area contributed by atoms with Crippen LogP contribution in [0.5, 0.6) is 0 Å². The third-order valence-corrected chi connectivity index (χ3v) is 9.17. The molecule has 2 heterocycles. The number of carboxylic acids is 1. The molecule has 13 heteroatoms. The molecule has 0 aromatic heterocycles. The predicted octanol–water partition coefficient (Wildman–Crippen LogP) is -2.41. The summed E-state index contributed by atoms with van der Waals surface area (Å²) >= 11 is 0. The Kier molecular flexibility index (Phi) is 10.7. The molecule has 0 radical (unpaired) electrons. The first-order chi connectivity index (χ1) is 22.4. The van der Waals surface area contributed by atoms with Gasteiger partial charge in [-0.3, -0.25) is 4.79 Å². The fraction of sp³-hybridized carbons (Fsp3) is 0.500. The van der Waals surface area contributed by atoms with Gasteiger partial charge in [0.05, 0.1) is 13.2 Å². The summed E-state index contributed by atoms with van der Waals surface area (Å²) in [5.74, 6) is 10.3. The second-order valence-electron chi connectivity index (χ2n) is 12.0. The van der Waals surface area contributed by atoms with Crippen molar-refractivity contribution in [1.82, 2.24) is 0 Å². The van der Waals surface area contributed by atoms with E-state index in [9.17, 15) is 55.9 Å². The molecule has 2 aliphatic heterocycles. The van der Waals surface area contributed by atoms with Crippen molar-refractivity contribution < 1.29 is 65.3 Å². The number of aliphatic hydroxyl groups excluding tert-OH is 9. The van der Waals surface area contributed by atoms with E-state index in [4.69, 9.17) is 9.47 Å². The van der Waals surface area contributed by atoms with Crippen LogP contribution in [-0.4, -0.2) is 138 Å². The number of hydrogen-bond acceptors (Lipinski definition) is 12. The first-order valence-corrected chi connectivity index (χ1v) is 15.2. The van der Waals surface area contributed by atoms with Crippen molar-refractivity contribution in [3.8, 4) is 34.8 Å². The van der Waals surface area contributed by atoms with E-state index in [1.165, 1.54) is 0 Å². The van der Waals surface area contributed by atoms with E-state index in [1.54, 1.807) is 24.3 Å². The molecule has 10 N–H and O–H groups in total. The molecule has 3 aliphatic rings. The molecule has 2 aromatic rings. The molecule has 5 rings (SSSR count). The number of aliphatic hydroxyl groups is 9. The van der Waals surface area contributed by atoms with Gasteiger partial charge in [-0.05, 0) is 59.4 Å². The van der Waals surface area contributed by atoms with Crippen molar-refractivity contribution in [1.29, 1.82) is 0 Å². The largest absolute Gasteiger partial charge is 0.481 e. The van der Waals surface area contributed by atoms with Gasteiger partial charge in [0.25, 0.3) is 0 Å². The molecule has 0 saturated carbocycles. The molecule has 1 aliphatic carbocycles. The number of carbonyl (C=O) groups is 1. The molecule has 0 spiro atoms. The number of fused-ring (bicyclic) bond motifs is 3. The third-order valence-electron chi connectivity index (χ3n) is 9.17. The average molecular weight is 655 g/mol. The van der Waals surface area contributed by atoms with Crippen LogP contribution < -0.4 is 0 Å². The van der Waals surface area contributed by atoms with Gasteiger partial charge in [0.1, 0.15) is 61.0 Å². The van der Waals surface area contributed by atoms with Crippen molar-refractivity contribution in [3.05, 3.63) is 58.7 Å². The van der Waals surface area contributed by atoms with Gasteiger partial charge in [-0.2, -0.15) is 0 Å². The molecule has 2 fully saturated rings. The Balaban J connectivity index is 1.52. The van der Waals surface area contributed by atoms with E-state index in [2.05, 4.69) is 23.7 Å². The van der Waals surface area contributed by atoms with E-state index in [1.807, 2.05) is 12.1 Å². The Labute approximate surface area is 270 Å². The highest BCUT2D eigenvalue weighted by Gasteiger charge is 2.45. The minimum Gasteiger partial charge on any atom is -0.481 e. The molecule has 0 bridgehead atoms. The number of ether oxygens (including phenoxy) is 2.